The minimum absolute atomic E-state index is 0.126. The Kier molecular flexibility index (Phi) is 14.7. The SMILES string of the molecule is C#Cc1ccccc1C(C(=O)NC(Cc1ccccc1)C(=O)OC(C)(C)C)N(C(=O)C(CO)NC(=O)OC(C)(C)C)C(C)CCC(C)C. The Morgan fingerprint density at radius 1 is 0.833 bits per heavy atom. The summed E-state index contributed by atoms with van der Waals surface area (Å²) < 4.78 is 11.1. The Labute approximate surface area is 286 Å². The highest BCUT2D eigenvalue weighted by molar-refractivity contribution is 5.94. The fourth-order valence-electron chi connectivity index (χ4n) is 5.08. The number of aliphatic hydroxyl groups is 1. The number of aliphatic hydroxyl groups excluding tert-OH is 1. The Morgan fingerprint density at radius 3 is 1.96 bits per heavy atom. The van der Waals surface area contributed by atoms with Gasteiger partial charge in [-0.25, -0.2) is 9.59 Å². The average Bonchev–Trinajstić information content (AvgIpc) is 2.99. The maximum absolute atomic E-state index is 14.6. The van der Waals surface area contributed by atoms with Gasteiger partial charge in [-0.15, -0.1) is 6.42 Å². The first-order valence-corrected chi connectivity index (χ1v) is 16.4. The van der Waals surface area contributed by atoms with Gasteiger partial charge in [0.15, 0.2) is 0 Å². The van der Waals surface area contributed by atoms with E-state index in [9.17, 15) is 24.3 Å². The van der Waals surface area contributed by atoms with Gasteiger partial charge in [-0.1, -0.05) is 68.3 Å². The zero-order chi connectivity index (χ0) is 36.2. The maximum Gasteiger partial charge on any atom is 0.408 e. The van der Waals surface area contributed by atoms with Gasteiger partial charge >= 0.3 is 12.1 Å². The van der Waals surface area contributed by atoms with Crippen molar-refractivity contribution < 1.29 is 33.8 Å². The number of carbonyl (C=O) groups excluding carboxylic acids is 4. The first-order valence-electron chi connectivity index (χ1n) is 16.4. The van der Waals surface area contributed by atoms with Gasteiger partial charge in [-0.3, -0.25) is 9.59 Å². The summed E-state index contributed by atoms with van der Waals surface area (Å²) in [5.41, 5.74) is -0.195. The van der Waals surface area contributed by atoms with Crippen molar-refractivity contribution in [2.24, 2.45) is 5.92 Å². The molecule has 0 aliphatic rings. The molecule has 0 heterocycles. The predicted molar refractivity (Wildman–Crippen MR) is 186 cm³/mol. The Hall–Kier alpha value is -4.36. The van der Waals surface area contributed by atoms with Gasteiger partial charge in [0.05, 0.1) is 6.61 Å². The summed E-state index contributed by atoms with van der Waals surface area (Å²) in [4.78, 5) is 56.7. The molecule has 0 radical (unpaired) electrons. The van der Waals surface area contributed by atoms with Crippen LogP contribution in [-0.4, -0.2) is 69.8 Å². The van der Waals surface area contributed by atoms with E-state index < -0.39 is 65.9 Å². The zero-order valence-corrected chi connectivity index (χ0v) is 29.8. The van der Waals surface area contributed by atoms with Crippen LogP contribution in [0.1, 0.15) is 97.9 Å². The minimum atomic E-state index is -1.44. The second kappa shape index (κ2) is 17.7. The number of alkyl carbamates (subject to hydrolysis) is 1. The molecule has 0 saturated heterocycles. The molecule has 0 bridgehead atoms. The summed E-state index contributed by atoms with van der Waals surface area (Å²) >= 11 is 0. The highest BCUT2D eigenvalue weighted by atomic mass is 16.6. The molecular formula is C38H53N3O7. The molecule has 2 aromatic rings. The monoisotopic (exact) mass is 663 g/mol. The van der Waals surface area contributed by atoms with Gasteiger partial charge in [0, 0.05) is 18.0 Å². The van der Waals surface area contributed by atoms with E-state index in [0.29, 0.717) is 24.0 Å². The molecule has 3 amide bonds. The van der Waals surface area contributed by atoms with Crippen LogP contribution >= 0.6 is 0 Å². The number of esters is 1. The topological polar surface area (TPSA) is 134 Å². The van der Waals surface area contributed by atoms with Crippen LogP contribution in [0.5, 0.6) is 0 Å². The Bertz CT molecular complexity index is 1420. The van der Waals surface area contributed by atoms with Gasteiger partial charge in [0.2, 0.25) is 11.8 Å². The molecule has 10 nitrogen and oxygen atoms in total. The van der Waals surface area contributed by atoms with Crippen LogP contribution in [0, 0.1) is 18.3 Å². The number of benzene rings is 2. The largest absolute Gasteiger partial charge is 0.458 e. The number of amides is 3. The molecule has 0 fully saturated rings. The third-order valence-corrected chi connectivity index (χ3v) is 7.29. The van der Waals surface area contributed by atoms with Crippen LogP contribution in [0.15, 0.2) is 54.6 Å². The molecule has 2 aromatic carbocycles. The van der Waals surface area contributed by atoms with E-state index in [0.717, 1.165) is 5.56 Å². The van der Waals surface area contributed by atoms with Crippen molar-refractivity contribution in [3.8, 4) is 12.3 Å². The van der Waals surface area contributed by atoms with Gasteiger partial charge < -0.3 is 30.1 Å². The lowest BCUT2D eigenvalue weighted by Gasteiger charge is -2.39. The number of ether oxygens (including phenoxy) is 2. The van der Waals surface area contributed by atoms with Crippen molar-refractivity contribution >= 4 is 23.9 Å². The number of terminal acetylenes is 1. The molecule has 0 spiro atoms. The smallest absolute Gasteiger partial charge is 0.408 e. The molecular weight excluding hydrogens is 610 g/mol. The predicted octanol–water partition coefficient (Wildman–Crippen LogP) is 5.32. The number of rotatable bonds is 14. The molecule has 3 N–H and O–H groups in total. The molecule has 0 aliphatic heterocycles. The molecule has 4 atom stereocenters. The molecule has 262 valence electrons. The molecule has 48 heavy (non-hydrogen) atoms. The first-order chi connectivity index (χ1) is 22.4. The molecule has 0 aromatic heterocycles. The van der Waals surface area contributed by atoms with E-state index in [4.69, 9.17) is 15.9 Å². The minimum Gasteiger partial charge on any atom is -0.458 e. The quantitative estimate of drug-likeness (QED) is 0.184. The van der Waals surface area contributed by atoms with Crippen molar-refractivity contribution in [2.75, 3.05) is 6.61 Å². The van der Waals surface area contributed by atoms with Crippen molar-refractivity contribution in [3.63, 3.8) is 0 Å². The average molecular weight is 664 g/mol. The third kappa shape index (κ3) is 12.7. The Morgan fingerprint density at radius 2 is 1.42 bits per heavy atom. The summed E-state index contributed by atoms with van der Waals surface area (Å²) in [6, 6.07) is 11.5. The van der Waals surface area contributed by atoms with E-state index in [-0.39, 0.29) is 12.3 Å². The fraction of sp³-hybridized carbons (Fsp3) is 0.526. The lowest BCUT2D eigenvalue weighted by molar-refractivity contribution is -0.159. The molecule has 4 unspecified atom stereocenters. The number of hydrogen-bond acceptors (Lipinski definition) is 7. The highest BCUT2D eigenvalue weighted by Gasteiger charge is 2.41. The fourth-order valence-corrected chi connectivity index (χ4v) is 5.08. The van der Waals surface area contributed by atoms with Crippen LogP contribution in [0.25, 0.3) is 0 Å². The van der Waals surface area contributed by atoms with Crippen LogP contribution < -0.4 is 10.6 Å². The molecule has 2 rings (SSSR count). The standard InChI is InChI=1S/C38H53N3O7/c1-11-28-19-15-16-20-29(28)32(33(43)39-30(35(45)47-37(5,6)7)23-27-17-13-12-14-18-27)41(26(4)22-21-25(2)3)34(44)31(24-42)40-36(46)48-38(8,9)10/h1,12-20,25-26,30-32,42H,21-24H2,2-10H3,(H,39,43)(H,40,46). The van der Waals surface area contributed by atoms with Crippen LogP contribution in [0.3, 0.4) is 0 Å². The number of hydrogen-bond donors (Lipinski definition) is 3. The van der Waals surface area contributed by atoms with E-state index in [1.807, 2.05) is 44.2 Å². The lowest BCUT2D eigenvalue weighted by atomic mass is 9.94. The van der Waals surface area contributed by atoms with Crippen molar-refractivity contribution in [3.05, 3.63) is 71.3 Å². The van der Waals surface area contributed by atoms with Crippen molar-refractivity contribution in [1.82, 2.24) is 15.5 Å². The van der Waals surface area contributed by atoms with E-state index in [2.05, 4.69) is 16.6 Å². The van der Waals surface area contributed by atoms with Crippen molar-refractivity contribution in [2.45, 2.75) is 117 Å². The second-order valence-corrected chi connectivity index (χ2v) is 14.4. The third-order valence-electron chi connectivity index (χ3n) is 7.29. The van der Waals surface area contributed by atoms with E-state index >= 15 is 0 Å². The molecule has 0 aliphatic carbocycles. The number of nitrogens with one attached hydrogen (secondary N) is 2. The first kappa shape index (κ1) is 39.8. The van der Waals surface area contributed by atoms with Gasteiger partial charge in [-0.05, 0) is 84.4 Å². The summed E-state index contributed by atoms with van der Waals surface area (Å²) in [5, 5.41) is 15.7. The number of carbonyl (C=O) groups is 4. The van der Waals surface area contributed by atoms with Gasteiger partial charge in [0.1, 0.15) is 29.3 Å². The van der Waals surface area contributed by atoms with Crippen LogP contribution in [0.2, 0.25) is 0 Å². The zero-order valence-electron chi connectivity index (χ0n) is 29.8. The van der Waals surface area contributed by atoms with Gasteiger partial charge in [0.25, 0.3) is 0 Å². The maximum atomic E-state index is 14.6. The van der Waals surface area contributed by atoms with E-state index in [1.54, 1.807) is 72.7 Å². The van der Waals surface area contributed by atoms with E-state index in [1.165, 1.54) is 4.90 Å². The lowest BCUT2D eigenvalue weighted by Crippen LogP contribution is -2.58. The van der Waals surface area contributed by atoms with Crippen LogP contribution in [-0.2, 0) is 30.3 Å². The normalized spacial score (nSPS) is 14.1. The Balaban J connectivity index is 2.71. The summed E-state index contributed by atoms with van der Waals surface area (Å²) in [7, 11) is 0. The summed E-state index contributed by atoms with van der Waals surface area (Å²) in [6.45, 7) is 15.4. The second-order valence-electron chi connectivity index (χ2n) is 14.4. The molecule has 0 saturated carbocycles. The van der Waals surface area contributed by atoms with Crippen LogP contribution in [0.4, 0.5) is 4.79 Å². The highest BCUT2D eigenvalue weighted by Crippen LogP contribution is 2.30. The summed E-state index contributed by atoms with van der Waals surface area (Å²) in [6.07, 6.45) is 6.34. The summed E-state index contributed by atoms with van der Waals surface area (Å²) in [5.74, 6) is 0.855. The van der Waals surface area contributed by atoms with Crippen molar-refractivity contribution in [1.29, 1.82) is 0 Å². The number of nitrogens with zero attached hydrogens (tertiary/aromatic N) is 1. The molecule has 10 heteroatoms. The van der Waals surface area contributed by atoms with Gasteiger partial charge in [-0.2, -0.15) is 0 Å².